The van der Waals surface area contributed by atoms with E-state index < -0.39 is 0 Å². The molecule has 138 valence electrons. The van der Waals surface area contributed by atoms with Crippen LogP contribution < -0.4 is 10.6 Å². The van der Waals surface area contributed by atoms with E-state index in [0.717, 1.165) is 23.3 Å². The van der Waals surface area contributed by atoms with E-state index >= 15 is 0 Å². The van der Waals surface area contributed by atoms with Crippen LogP contribution in [0.2, 0.25) is 0 Å². The number of benzene rings is 1. The molecule has 1 atom stereocenters. The highest BCUT2D eigenvalue weighted by Crippen LogP contribution is 2.17. The van der Waals surface area contributed by atoms with Crippen molar-refractivity contribution in [3.05, 3.63) is 58.0 Å². The second-order valence-electron chi connectivity index (χ2n) is 6.37. The van der Waals surface area contributed by atoms with Gasteiger partial charge in [-0.25, -0.2) is 9.18 Å². The molecule has 2 N–H and O–H groups in total. The van der Waals surface area contributed by atoms with Gasteiger partial charge in [0.2, 0.25) is 5.91 Å². The number of likely N-dealkylation sites (tertiary alicyclic amines) is 1. The van der Waals surface area contributed by atoms with Gasteiger partial charge in [0.05, 0.1) is 12.5 Å². The Morgan fingerprint density at radius 1 is 1.15 bits per heavy atom. The lowest BCUT2D eigenvalue weighted by molar-refractivity contribution is -0.126. The molecule has 3 rings (SSSR count). The monoisotopic (exact) mass is 375 g/mol. The van der Waals surface area contributed by atoms with Crippen LogP contribution in [0.15, 0.2) is 41.8 Å². The van der Waals surface area contributed by atoms with Gasteiger partial charge in [0, 0.05) is 24.5 Å². The van der Waals surface area contributed by atoms with Crippen molar-refractivity contribution >= 4 is 23.3 Å². The second kappa shape index (κ2) is 8.80. The van der Waals surface area contributed by atoms with Gasteiger partial charge in [0.25, 0.3) is 0 Å². The molecule has 1 unspecified atom stereocenters. The Bertz CT molecular complexity index is 734. The molecule has 1 fully saturated rings. The molecule has 1 aliphatic heterocycles. The summed E-state index contributed by atoms with van der Waals surface area (Å²) in [6.45, 7) is 1.96. The lowest BCUT2D eigenvalue weighted by Gasteiger charge is -2.32. The van der Waals surface area contributed by atoms with E-state index in [1.165, 1.54) is 12.1 Å². The number of amides is 3. The van der Waals surface area contributed by atoms with Gasteiger partial charge in [-0.05, 0) is 42.0 Å². The lowest BCUT2D eigenvalue weighted by Crippen LogP contribution is -2.48. The Hall–Kier alpha value is -2.41. The van der Waals surface area contributed by atoms with Crippen molar-refractivity contribution in [3.63, 3.8) is 0 Å². The van der Waals surface area contributed by atoms with Crippen LogP contribution in [0.25, 0.3) is 0 Å². The molecule has 26 heavy (non-hydrogen) atoms. The highest BCUT2D eigenvalue weighted by Gasteiger charge is 2.28. The van der Waals surface area contributed by atoms with E-state index in [1.807, 2.05) is 17.5 Å². The Kier molecular flexibility index (Phi) is 6.22. The van der Waals surface area contributed by atoms with Crippen molar-refractivity contribution in [1.29, 1.82) is 0 Å². The molecule has 1 aliphatic rings. The van der Waals surface area contributed by atoms with Crippen LogP contribution in [-0.4, -0.2) is 29.9 Å². The Morgan fingerprint density at radius 3 is 2.69 bits per heavy atom. The number of rotatable bonds is 5. The fourth-order valence-electron chi connectivity index (χ4n) is 3.00. The predicted octanol–water partition coefficient (Wildman–Crippen LogP) is 3.13. The maximum atomic E-state index is 12.9. The van der Waals surface area contributed by atoms with Gasteiger partial charge in [-0.1, -0.05) is 18.2 Å². The third kappa shape index (κ3) is 5.05. The van der Waals surface area contributed by atoms with E-state index in [0.29, 0.717) is 26.2 Å². The molecule has 3 amide bonds. The van der Waals surface area contributed by atoms with Crippen LogP contribution in [-0.2, 0) is 17.9 Å². The zero-order valence-electron chi connectivity index (χ0n) is 14.4. The number of hydrogen-bond acceptors (Lipinski definition) is 3. The third-order valence-electron chi connectivity index (χ3n) is 4.45. The molecule has 5 nitrogen and oxygen atoms in total. The minimum absolute atomic E-state index is 0.0647. The van der Waals surface area contributed by atoms with Crippen LogP contribution in [0, 0.1) is 11.7 Å². The molecule has 1 saturated heterocycles. The van der Waals surface area contributed by atoms with Crippen molar-refractivity contribution in [1.82, 2.24) is 15.5 Å². The number of halogens is 1. The van der Waals surface area contributed by atoms with Gasteiger partial charge in [-0.15, -0.1) is 11.3 Å². The summed E-state index contributed by atoms with van der Waals surface area (Å²) in [5.41, 5.74) is 0.848. The van der Waals surface area contributed by atoms with Crippen LogP contribution >= 0.6 is 11.3 Å². The van der Waals surface area contributed by atoms with Crippen LogP contribution in [0.1, 0.15) is 23.3 Å². The fraction of sp³-hybridized carbons (Fsp3) is 0.368. The molecule has 0 saturated carbocycles. The molecule has 1 aromatic carbocycles. The molecular formula is C19H22FN3O2S. The van der Waals surface area contributed by atoms with E-state index in [9.17, 15) is 14.0 Å². The minimum atomic E-state index is -0.295. The first-order valence-electron chi connectivity index (χ1n) is 8.69. The highest BCUT2D eigenvalue weighted by molar-refractivity contribution is 7.09. The minimum Gasteiger partial charge on any atom is -0.352 e. The molecule has 2 aromatic rings. The normalized spacial score (nSPS) is 17.0. The van der Waals surface area contributed by atoms with Crippen LogP contribution in [0.4, 0.5) is 9.18 Å². The zero-order chi connectivity index (χ0) is 18.4. The van der Waals surface area contributed by atoms with E-state index in [1.54, 1.807) is 28.4 Å². The number of nitrogens with one attached hydrogen (secondary N) is 2. The van der Waals surface area contributed by atoms with Crippen LogP contribution in [0.5, 0.6) is 0 Å². The lowest BCUT2D eigenvalue weighted by atomic mass is 9.97. The number of piperidine rings is 1. The zero-order valence-corrected chi connectivity index (χ0v) is 15.2. The average Bonchev–Trinajstić information content (AvgIpc) is 3.19. The summed E-state index contributed by atoms with van der Waals surface area (Å²) in [6, 6.07) is 9.86. The Balaban J connectivity index is 1.46. The number of nitrogens with zero attached hydrogens (tertiary/aromatic N) is 1. The molecule has 0 aliphatic carbocycles. The largest absolute Gasteiger partial charge is 0.352 e. The van der Waals surface area contributed by atoms with E-state index in [-0.39, 0.29) is 23.7 Å². The molecule has 1 aromatic heterocycles. The van der Waals surface area contributed by atoms with Gasteiger partial charge >= 0.3 is 6.03 Å². The number of thiophene rings is 1. The topological polar surface area (TPSA) is 61.4 Å². The molecule has 0 radical (unpaired) electrons. The van der Waals surface area contributed by atoms with Crippen LogP contribution in [0.3, 0.4) is 0 Å². The van der Waals surface area contributed by atoms with Gasteiger partial charge in [0.15, 0.2) is 0 Å². The van der Waals surface area contributed by atoms with Crippen molar-refractivity contribution in [2.45, 2.75) is 25.9 Å². The molecule has 0 bridgehead atoms. The summed E-state index contributed by atoms with van der Waals surface area (Å²) in [4.78, 5) is 27.5. The summed E-state index contributed by atoms with van der Waals surface area (Å²) in [5, 5.41) is 7.77. The maximum absolute atomic E-state index is 12.9. The van der Waals surface area contributed by atoms with Crippen molar-refractivity contribution in [3.8, 4) is 0 Å². The SMILES string of the molecule is O=C(NCc1ccc(F)cc1)C1CCCN(C(=O)NCc2cccs2)C1. The molecule has 2 heterocycles. The summed E-state index contributed by atoms with van der Waals surface area (Å²) in [5.74, 6) is -0.571. The first-order valence-corrected chi connectivity index (χ1v) is 9.57. The summed E-state index contributed by atoms with van der Waals surface area (Å²) < 4.78 is 12.9. The van der Waals surface area contributed by atoms with Crippen molar-refractivity contribution < 1.29 is 14.0 Å². The standard InChI is InChI=1S/C19H22FN3O2S/c20-16-7-5-14(6-8-16)11-21-18(24)15-3-1-9-23(13-15)19(25)22-12-17-4-2-10-26-17/h2,4-8,10,15H,1,3,9,11-13H2,(H,21,24)(H,22,25). The highest BCUT2D eigenvalue weighted by atomic mass is 32.1. The van der Waals surface area contributed by atoms with Crippen molar-refractivity contribution in [2.75, 3.05) is 13.1 Å². The Morgan fingerprint density at radius 2 is 1.96 bits per heavy atom. The van der Waals surface area contributed by atoms with Gasteiger partial charge in [0.1, 0.15) is 5.82 Å². The van der Waals surface area contributed by atoms with E-state index in [4.69, 9.17) is 0 Å². The quantitative estimate of drug-likeness (QED) is 0.843. The summed E-state index contributed by atoms with van der Waals surface area (Å²) in [7, 11) is 0. The maximum Gasteiger partial charge on any atom is 0.317 e. The first kappa shape index (κ1) is 18.4. The first-order chi connectivity index (χ1) is 12.6. The van der Waals surface area contributed by atoms with Gasteiger partial charge in [-0.3, -0.25) is 4.79 Å². The van der Waals surface area contributed by atoms with Crippen molar-refractivity contribution in [2.24, 2.45) is 5.92 Å². The Labute approximate surface area is 156 Å². The number of hydrogen-bond donors (Lipinski definition) is 2. The summed E-state index contributed by atoms with van der Waals surface area (Å²) in [6.07, 6.45) is 1.57. The number of carbonyl (C=O) groups excluding carboxylic acids is 2. The van der Waals surface area contributed by atoms with Gasteiger partial charge < -0.3 is 15.5 Å². The third-order valence-corrected chi connectivity index (χ3v) is 5.33. The second-order valence-corrected chi connectivity index (χ2v) is 7.40. The molecule has 0 spiro atoms. The predicted molar refractivity (Wildman–Crippen MR) is 99.1 cm³/mol. The fourth-order valence-corrected chi connectivity index (χ4v) is 3.64. The molecule has 7 heteroatoms. The average molecular weight is 375 g/mol. The molecular weight excluding hydrogens is 353 g/mol. The summed E-state index contributed by atoms with van der Waals surface area (Å²) >= 11 is 1.60. The van der Waals surface area contributed by atoms with E-state index in [2.05, 4.69) is 10.6 Å². The number of carbonyl (C=O) groups is 2. The number of urea groups is 1. The van der Waals surface area contributed by atoms with Gasteiger partial charge in [-0.2, -0.15) is 0 Å². The smallest absolute Gasteiger partial charge is 0.317 e.